The molecule has 0 aliphatic heterocycles. The Bertz CT molecular complexity index is 954. The van der Waals surface area contributed by atoms with Crippen molar-refractivity contribution in [1.29, 1.82) is 0 Å². The van der Waals surface area contributed by atoms with Crippen LogP contribution < -0.4 is 5.32 Å². The fourth-order valence-corrected chi connectivity index (χ4v) is 2.77. The third-order valence-corrected chi connectivity index (χ3v) is 4.23. The van der Waals surface area contributed by atoms with E-state index in [1.165, 1.54) is 16.9 Å². The molecule has 0 aliphatic rings. The fraction of sp³-hybridized carbons (Fsp3) is 0.158. The Hall–Kier alpha value is -2.73. The number of benzene rings is 2. The quantitative estimate of drug-likeness (QED) is 0.729. The number of aryl methyl sites for hydroxylation is 1. The van der Waals surface area contributed by atoms with E-state index in [0.717, 1.165) is 17.7 Å². The average Bonchev–Trinajstić information content (AvgIpc) is 2.97. The average molecular weight is 376 g/mol. The summed E-state index contributed by atoms with van der Waals surface area (Å²) in [5, 5.41) is 7.62. The SMILES string of the molecule is CC(NC(=O)c1cn(C)nc1-c1ccc(F)cc1F)c1ccc(Cl)cc1. The largest absolute Gasteiger partial charge is 0.345 e. The highest BCUT2D eigenvalue weighted by Gasteiger charge is 2.21. The van der Waals surface area contributed by atoms with Crippen LogP contribution in [0.5, 0.6) is 0 Å². The molecule has 2 aromatic carbocycles. The Morgan fingerprint density at radius 2 is 1.88 bits per heavy atom. The molecule has 1 heterocycles. The molecule has 0 fully saturated rings. The third kappa shape index (κ3) is 3.75. The predicted molar refractivity (Wildman–Crippen MR) is 95.9 cm³/mol. The molecule has 3 aromatic rings. The normalized spacial score (nSPS) is 12.0. The first kappa shape index (κ1) is 18.1. The van der Waals surface area contributed by atoms with Gasteiger partial charge in [-0.2, -0.15) is 5.10 Å². The Kier molecular flexibility index (Phi) is 5.04. The molecule has 0 saturated heterocycles. The smallest absolute Gasteiger partial charge is 0.255 e. The van der Waals surface area contributed by atoms with Crippen molar-refractivity contribution in [2.24, 2.45) is 7.05 Å². The lowest BCUT2D eigenvalue weighted by atomic mass is 10.1. The van der Waals surface area contributed by atoms with Crippen molar-refractivity contribution in [3.8, 4) is 11.3 Å². The minimum Gasteiger partial charge on any atom is -0.345 e. The van der Waals surface area contributed by atoms with Gasteiger partial charge in [0.15, 0.2) is 0 Å². The summed E-state index contributed by atoms with van der Waals surface area (Å²) < 4.78 is 28.7. The van der Waals surface area contributed by atoms with Gasteiger partial charge in [-0.15, -0.1) is 0 Å². The van der Waals surface area contributed by atoms with Gasteiger partial charge >= 0.3 is 0 Å². The number of amides is 1. The number of carbonyl (C=O) groups is 1. The second-order valence-corrected chi connectivity index (χ2v) is 6.37. The molecule has 0 saturated carbocycles. The molecule has 3 rings (SSSR count). The monoisotopic (exact) mass is 375 g/mol. The molecule has 1 N–H and O–H groups in total. The number of hydrogen-bond donors (Lipinski definition) is 1. The Balaban J connectivity index is 1.89. The first-order valence-corrected chi connectivity index (χ1v) is 8.28. The highest BCUT2D eigenvalue weighted by atomic mass is 35.5. The van der Waals surface area contributed by atoms with Crippen LogP contribution in [0.4, 0.5) is 8.78 Å². The maximum absolute atomic E-state index is 14.1. The standard InChI is InChI=1S/C19H16ClF2N3O/c1-11(12-3-5-13(20)6-4-12)23-19(26)16-10-25(2)24-18(16)15-8-7-14(21)9-17(15)22/h3-11H,1-2H3,(H,23,26). The lowest BCUT2D eigenvalue weighted by molar-refractivity contribution is 0.0940. The molecule has 7 heteroatoms. The number of halogens is 3. The summed E-state index contributed by atoms with van der Waals surface area (Å²) in [6.07, 6.45) is 1.50. The molecular weight excluding hydrogens is 360 g/mol. The van der Waals surface area contributed by atoms with E-state index in [9.17, 15) is 13.6 Å². The Morgan fingerprint density at radius 3 is 2.54 bits per heavy atom. The lowest BCUT2D eigenvalue weighted by Crippen LogP contribution is -2.26. The van der Waals surface area contributed by atoms with Crippen LogP contribution in [0.25, 0.3) is 11.3 Å². The fourth-order valence-electron chi connectivity index (χ4n) is 2.64. The molecule has 1 amide bonds. The van der Waals surface area contributed by atoms with Crippen LogP contribution in [0.15, 0.2) is 48.7 Å². The summed E-state index contributed by atoms with van der Waals surface area (Å²) in [7, 11) is 1.63. The number of aromatic nitrogens is 2. The summed E-state index contributed by atoms with van der Waals surface area (Å²) in [6, 6.07) is 9.99. The predicted octanol–water partition coefficient (Wildman–Crippen LogP) is 4.51. The van der Waals surface area contributed by atoms with E-state index >= 15 is 0 Å². The van der Waals surface area contributed by atoms with E-state index in [2.05, 4.69) is 10.4 Å². The van der Waals surface area contributed by atoms with Crippen LogP contribution in [0.1, 0.15) is 28.9 Å². The highest BCUT2D eigenvalue weighted by molar-refractivity contribution is 6.30. The summed E-state index contributed by atoms with van der Waals surface area (Å²) in [4.78, 5) is 12.7. The number of carbonyl (C=O) groups excluding carboxylic acids is 1. The van der Waals surface area contributed by atoms with Gasteiger partial charge in [0.1, 0.15) is 17.3 Å². The zero-order valence-corrected chi connectivity index (χ0v) is 14.9. The van der Waals surface area contributed by atoms with Crippen LogP contribution in [0.2, 0.25) is 5.02 Å². The number of nitrogens with one attached hydrogen (secondary N) is 1. The van der Waals surface area contributed by atoms with Crippen molar-refractivity contribution in [1.82, 2.24) is 15.1 Å². The van der Waals surface area contributed by atoms with Gasteiger partial charge in [-0.05, 0) is 36.8 Å². The first-order valence-electron chi connectivity index (χ1n) is 7.90. The topological polar surface area (TPSA) is 46.9 Å². The van der Waals surface area contributed by atoms with Crippen LogP contribution in [0, 0.1) is 11.6 Å². The molecule has 0 aliphatic carbocycles. The molecule has 134 valence electrons. The molecular formula is C19H16ClF2N3O. The minimum absolute atomic E-state index is 0.0660. The van der Waals surface area contributed by atoms with E-state index in [1.807, 2.05) is 19.1 Å². The molecule has 1 aromatic heterocycles. The van der Waals surface area contributed by atoms with Crippen molar-refractivity contribution in [2.75, 3.05) is 0 Å². The summed E-state index contributed by atoms with van der Waals surface area (Å²) in [5.41, 5.74) is 1.31. The van der Waals surface area contributed by atoms with E-state index in [0.29, 0.717) is 5.02 Å². The van der Waals surface area contributed by atoms with Gasteiger partial charge in [0.05, 0.1) is 11.6 Å². The second kappa shape index (κ2) is 7.25. The summed E-state index contributed by atoms with van der Waals surface area (Å²) >= 11 is 5.87. The lowest BCUT2D eigenvalue weighted by Gasteiger charge is -2.14. The number of nitrogens with zero attached hydrogens (tertiary/aromatic N) is 2. The molecule has 4 nitrogen and oxygen atoms in total. The minimum atomic E-state index is -0.775. The zero-order chi connectivity index (χ0) is 18.8. The van der Waals surface area contributed by atoms with Crippen LogP contribution in [0.3, 0.4) is 0 Å². The number of hydrogen-bond acceptors (Lipinski definition) is 2. The Morgan fingerprint density at radius 1 is 1.19 bits per heavy atom. The van der Waals surface area contributed by atoms with Crippen molar-refractivity contribution in [2.45, 2.75) is 13.0 Å². The summed E-state index contributed by atoms with van der Waals surface area (Å²) in [5.74, 6) is -1.87. The van der Waals surface area contributed by atoms with Crippen molar-refractivity contribution >= 4 is 17.5 Å². The van der Waals surface area contributed by atoms with Gasteiger partial charge in [0.2, 0.25) is 0 Å². The van der Waals surface area contributed by atoms with Gasteiger partial charge in [-0.3, -0.25) is 9.48 Å². The highest BCUT2D eigenvalue weighted by Crippen LogP contribution is 2.26. The van der Waals surface area contributed by atoms with Crippen molar-refractivity contribution < 1.29 is 13.6 Å². The molecule has 1 atom stereocenters. The first-order chi connectivity index (χ1) is 12.3. The van der Waals surface area contributed by atoms with Crippen LogP contribution in [-0.4, -0.2) is 15.7 Å². The van der Waals surface area contributed by atoms with Gasteiger partial charge in [-0.1, -0.05) is 23.7 Å². The van der Waals surface area contributed by atoms with E-state index in [1.54, 1.807) is 19.2 Å². The van der Waals surface area contributed by atoms with Crippen molar-refractivity contribution in [3.63, 3.8) is 0 Å². The van der Waals surface area contributed by atoms with Crippen LogP contribution in [-0.2, 0) is 7.05 Å². The van der Waals surface area contributed by atoms with Gasteiger partial charge in [-0.25, -0.2) is 8.78 Å². The summed E-state index contributed by atoms with van der Waals surface area (Å²) in [6.45, 7) is 1.83. The molecule has 0 bridgehead atoms. The van der Waals surface area contributed by atoms with Gasteiger partial charge in [0.25, 0.3) is 5.91 Å². The maximum Gasteiger partial charge on any atom is 0.255 e. The van der Waals surface area contributed by atoms with E-state index in [-0.39, 0.29) is 22.9 Å². The van der Waals surface area contributed by atoms with Gasteiger partial charge < -0.3 is 5.32 Å². The third-order valence-electron chi connectivity index (χ3n) is 3.98. The maximum atomic E-state index is 14.1. The molecule has 26 heavy (non-hydrogen) atoms. The Labute approximate surface area is 154 Å². The second-order valence-electron chi connectivity index (χ2n) is 5.94. The number of rotatable bonds is 4. The van der Waals surface area contributed by atoms with Gasteiger partial charge in [0, 0.05) is 29.9 Å². The zero-order valence-electron chi connectivity index (χ0n) is 14.1. The van der Waals surface area contributed by atoms with Crippen molar-refractivity contribution in [3.05, 3.63) is 76.4 Å². The van der Waals surface area contributed by atoms with E-state index in [4.69, 9.17) is 11.6 Å². The van der Waals surface area contributed by atoms with E-state index < -0.39 is 17.5 Å². The molecule has 0 spiro atoms. The molecule has 0 radical (unpaired) electrons. The molecule has 1 unspecified atom stereocenters. The van der Waals surface area contributed by atoms with Crippen LogP contribution >= 0.6 is 11.6 Å².